The highest BCUT2D eigenvalue weighted by Crippen LogP contribution is 2.16. The zero-order chi connectivity index (χ0) is 10.5. The molecule has 0 aliphatic carbocycles. The van der Waals surface area contributed by atoms with Gasteiger partial charge in [-0.1, -0.05) is 0 Å². The summed E-state index contributed by atoms with van der Waals surface area (Å²) in [6.45, 7) is 2.08. The van der Waals surface area contributed by atoms with Crippen molar-refractivity contribution in [2.24, 2.45) is 0 Å². The van der Waals surface area contributed by atoms with E-state index in [1.54, 1.807) is 18.5 Å². The van der Waals surface area contributed by atoms with E-state index in [-0.39, 0.29) is 0 Å². The topological polar surface area (TPSA) is 60.7 Å². The molecule has 1 aromatic heterocycles. The molecule has 0 bridgehead atoms. The zero-order valence-electron chi connectivity index (χ0n) is 8.53. The molecule has 1 fully saturated rings. The van der Waals surface area contributed by atoms with Crippen LogP contribution in [0.5, 0.6) is 0 Å². The lowest BCUT2D eigenvalue weighted by Crippen LogP contribution is -2.35. The van der Waals surface area contributed by atoms with Gasteiger partial charge in [-0.05, 0) is 32.0 Å². The Morgan fingerprint density at radius 2 is 2.27 bits per heavy atom. The predicted octanol–water partition coefficient (Wildman–Crippen LogP) is 1.12. The first kappa shape index (κ1) is 9.94. The van der Waals surface area contributed by atoms with Crippen LogP contribution in [0.3, 0.4) is 0 Å². The summed E-state index contributed by atoms with van der Waals surface area (Å²) >= 11 is 0. The van der Waals surface area contributed by atoms with Crippen molar-refractivity contribution in [2.45, 2.75) is 18.9 Å². The third-order valence-electron chi connectivity index (χ3n) is 2.64. The van der Waals surface area contributed by atoms with Gasteiger partial charge in [0.1, 0.15) is 6.07 Å². The molecule has 2 N–H and O–H groups in total. The zero-order valence-corrected chi connectivity index (χ0v) is 8.53. The molecule has 1 aliphatic heterocycles. The van der Waals surface area contributed by atoms with E-state index < -0.39 is 0 Å². The van der Waals surface area contributed by atoms with E-state index in [2.05, 4.69) is 21.7 Å². The van der Waals surface area contributed by atoms with Crippen LogP contribution in [0, 0.1) is 11.3 Å². The number of hydrogen-bond acceptors (Lipinski definition) is 4. The van der Waals surface area contributed by atoms with Crippen LogP contribution in [0.2, 0.25) is 0 Å². The molecule has 1 aliphatic rings. The Balaban J connectivity index is 2.06. The number of anilines is 1. The molecule has 1 saturated heterocycles. The summed E-state index contributed by atoms with van der Waals surface area (Å²) in [5.74, 6) is 0. The third-order valence-corrected chi connectivity index (χ3v) is 2.64. The molecule has 2 heterocycles. The largest absolute Gasteiger partial charge is 0.380 e. The summed E-state index contributed by atoms with van der Waals surface area (Å²) in [6.07, 6.45) is 5.56. The van der Waals surface area contributed by atoms with Gasteiger partial charge in [0.15, 0.2) is 0 Å². The number of rotatable bonds is 2. The predicted molar refractivity (Wildman–Crippen MR) is 58.5 cm³/mol. The van der Waals surface area contributed by atoms with Crippen molar-refractivity contribution < 1.29 is 0 Å². The van der Waals surface area contributed by atoms with Crippen LogP contribution in [0.1, 0.15) is 18.4 Å². The van der Waals surface area contributed by atoms with Gasteiger partial charge in [0, 0.05) is 12.2 Å². The summed E-state index contributed by atoms with van der Waals surface area (Å²) < 4.78 is 0. The maximum atomic E-state index is 8.92. The van der Waals surface area contributed by atoms with Crippen molar-refractivity contribution in [1.82, 2.24) is 10.3 Å². The van der Waals surface area contributed by atoms with E-state index in [0.717, 1.165) is 31.6 Å². The minimum absolute atomic E-state index is 0.461. The van der Waals surface area contributed by atoms with E-state index in [1.165, 1.54) is 0 Å². The summed E-state index contributed by atoms with van der Waals surface area (Å²) in [6, 6.07) is 4.37. The van der Waals surface area contributed by atoms with Crippen molar-refractivity contribution in [3.05, 3.63) is 24.0 Å². The second kappa shape index (κ2) is 4.76. The molecule has 1 aromatic rings. The van der Waals surface area contributed by atoms with Crippen LogP contribution >= 0.6 is 0 Å². The van der Waals surface area contributed by atoms with Gasteiger partial charge in [-0.15, -0.1) is 0 Å². The van der Waals surface area contributed by atoms with E-state index in [9.17, 15) is 0 Å². The molecule has 78 valence electrons. The lowest BCUT2D eigenvalue weighted by Gasteiger charge is -2.24. The fourth-order valence-electron chi connectivity index (χ4n) is 1.79. The number of nitrogens with zero attached hydrogens (tertiary/aromatic N) is 2. The van der Waals surface area contributed by atoms with Crippen LogP contribution < -0.4 is 10.6 Å². The number of hydrogen-bond donors (Lipinski definition) is 2. The van der Waals surface area contributed by atoms with Crippen molar-refractivity contribution in [3.8, 4) is 6.07 Å². The lowest BCUT2D eigenvalue weighted by atomic mass is 10.1. The van der Waals surface area contributed by atoms with Gasteiger partial charge in [0.05, 0.1) is 17.4 Å². The molecule has 4 nitrogen and oxygen atoms in total. The lowest BCUT2D eigenvalue weighted by molar-refractivity contribution is 0.479. The second-order valence-corrected chi connectivity index (χ2v) is 3.70. The van der Waals surface area contributed by atoms with Gasteiger partial charge in [-0.3, -0.25) is 4.98 Å². The third kappa shape index (κ3) is 2.45. The van der Waals surface area contributed by atoms with Crippen LogP contribution in [0.4, 0.5) is 5.69 Å². The monoisotopic (exact) mass is 202 g/mol. The van der Waals surface area contributed by atoms with Gasteiger partial charge >= 0.3 is 0 Å². The number of piperidine rings is 1. The molecular weight excluding hydrogens is 188 g/mol. The van der Waals surface area contributed by atoms with Gasteiger partial charge in [0.25, 0.3) is 0 Å². The Labute approximate surface area is 89.3 Å². The molecule has 0 atom stereocenters. The fourth-order valence-corrected chi connectivity index (χ4v) is 1.79. The highest BCUT2D eigenvalue weighted by atomic mass is 15.0. The SMILES string of the molecule is N#Cc1ccncc1NC1CCNCC1. The average molecular weight is 202 g/mol. The van der Waals surface area contributed by atoms with E-state index >= 15 is 0 Å². The van der Waals surface area contributed by atoms with E-state index in [0.29, 0.717) is 11.6 Å². The van der Waals surface area contributed by atoms with Crippen molar-refractivity contribution in [1.29, 1.82) is 5.26 Å². The van der Waals surface area contributed by atoms with Crippen molar-refractivity contribution in [3.63, 3.8) is 0 Å². The second-order valence-electron chi connectivity index (χ2n) is 3.70. The van der Waals surface area contributed by atoms with Crippen LogP contribution in [-0.4, -0.2) is 24.1 Å². The Kier molecular flexibility index (Phi) is 3.15. The average Bonchev–Trinajstić information content (AvgIpc) is 2.31. The number of pyridine rings is 1. The Bertz CT molecular complexity index is 363. The van der Waals surface area contributed by atoms with Crippen LogP contribution in [0.15, 0.2) is 18.5 Å². The maximum absolute atomic E-state index is 8.92. The van der Waals surface area contributed by atoms with Crippen LogP contribution in [0.25, 0.3) is 0 Å². The van der Waals surface area contributed by atoms with Crippen LogP contribution in [-0.2, 0) is 0 Å². The molecule has 0 amide bonds. The molecule has 2 rings (SSSR count). The first-order valence-corrected chi connectivity index (χ1v) is 5.21. The van der Waals surface area contributed by atoms with Gasteiger partial charge in [-0.25, -0.2) is 0 Å². The number of aromatic nitrogens is 1. The molecule has 0 aromatic carbocycles. The van der Waals surface area contributed by atoms with Crippen molar-refractivity contribution >= 4 is 5.69 Å². The summed E-state index contributed by atoms with van der Waals surface area (Å²) in [5, 5.41) is 15.6. The van der Waals surface area contributed by atoms with Gasteiger partial charge in [-0.2, -0.15) is 5.26 Å². The fraction of sp³-hybridized carbons (Fsp3) is 0.455. The highest BCUT2D eigenvalue weighted by Gasteiger charge is 2.13. The molecule has 0 spiro atoms. The summed E-state index contributed by atoms with van der Waals surface area (Å²) in [4.78, 5) is 4.03. The summed E-state index contributed by atoms with van der Waals surface area (Å²) in [7, 11) is 0. The number of nitrogens with one attached hydrogen (secondary N) is 2. The van der Waals surface area contributed by atoms with E-state index in [1.807, 2.05) is 0 Å². The first-order chi connectivity index (χ1) is 7.40. The van der Waals surface area contributed by atoms with E-state index in [4.69, 9.17) is 5.26 Å². The quantitative estimate of drug-likeness (QED) is 0.754. The maximum Gasteiger partial charge on any atom is 0.101 e. The minimum Gasteiger partial charge on any atom is -0.380 e. The van der Waals surface area contributed by atoms with Gasteiger partial charge in [0.2, 0.25) is 0 Å². The first-order valence-electron chi connectivity index (χ1n) is 5.21. The Morgan fingerprint density at radius 3 is 3.00 bits per heavy atom. The molecule has 15 heavy (non-hydrogen) atoms. The molecular formula is C11H14N4. The van der Waals surface area contributed by atoms with Gasteiger partial charge < -0.3 is 10.6 Å². The Morgan fingerprint density at radius 1 is 1.47 bits per heavy atom. The molecule has 0 saturated carbocycles. The normalized spacial score (nSPS) is 17.0. The highest BCUT2D eigenvalue weighted by molar-refractivity contribution is 5.55. The smallest absolute Gasteiger partial charge is 0.101 e. The number of nitriles is 1. The van der Waals surface area contributed by atoms with Crippen molar-refractivity contribution in [2.75, 3.05) is 18.4 Å². The minimum atomic E-state index is 0.461. The standard InChI is InChI=1S/C11H14N4/c12-7-9-1-4-14-8-11(9)15-10-2-5-13-6-3-10/h1,4,8,10,13,15H,2-3,5-6H2. The Hall–Kier alpha value is -1.60. The molecule has 4 heteroatoms. The summed E-state index contributed by atoms with van der Waals surface area (Å²) in [5.41, 5.74) is 1.52. The molecule has 0 radical (unpaired) electrons. The molecule has 0 unspecified atom stereocenters.